The van der Waals surface area contributed by atoms with E-state index in [9.17, 15) is 0 Å². The predicted molar refractivity (Wildman–Crippen MR) is 88.5 cm³/mol. The summed E-state index contributed by atoms with van der Waals surface area (Å²) in [4.78, 5) is 0. The van der Waals surface area contributed by atoms with Crippen molar-refractivity contribution in [1.82, 2.24) is 5.32 Å². The van der Waals surface area contributed by atoms with Crippen LogP contribution in [0.15, 0.2) is 40.9 Å². The standard InChI is InChI=1S/C17H17BrClN/c1-20-17(15-10-14(18)7-8-16(15)19)13-6-5-11-3-2-4-12(11)9-13/h5-10,17,20H,2-4H2,1H3. The molecule has 1 N–H and O–H groups in total. The molecule has 0 aliphatic heterocycles. The van der Waals surface area contributed by atoms with Crippen LogP contribution in [0, 0.1) is 0 Å². The lowest BCUT2D eigenvalue weighted by Crippen LogP contribution is -2.18. The van der Waals surface area contributed by atoms with Gasteiger partial charge in [-0.15, -0.1) is 0 Å². The van der Waals surface area contributed by atoms with E-state index < -0.39 is 0 Å². The van der Waals surface area contributed by atoms with Crippen LogP contribution in [0.2, 0.25) is 5.02 Å². The lowest BCUT2D eigenvalue weighted by Gasteiger charge is -2.20. The van der Waals surface area contributed by atoms with E-state index in [4.69, 9.17) is 11.6 Å². The Hall–Kier alpha value is -0.830. The van der Waals surface area contributed by atoms with Crippen molar-refractivity contribution in [3.8, 4) is 0 Å². The second kappa shape index (κ2) is 5.88. The minimum Gasteiger partial charge on any atom is -0.309 e. The number of nitrogens with one attached hydrogen (secondary N) is 1. The van der Waals surface area contributed by atoms with Crippen LogP contribution in [-0.4, -0.2) is 7.05 Å². The van der Waals surface area contributed by atoms with Crippen LogP contribution in [0.5, 0.6) is 0 Å². The molecule has 3 heteroatoms. The summed E-state index contributed by atoms with van der Waals surface area (Å²) in [6.45, 7) is 0. The molecule has 1 nitrogen and oxygen atoms in total. The molecule has 1 atom stereocenters. The molecule has 20 heavy (non-hydrogen) atoms. The molecular weight excluding hydrogens is 334 g/mol. The Labute approximate surface area is 133 Å². The number of benzene rings is 2. The Balaban J connectivity index is 2.03. The summed E-state index contributed by atoms with van der Waals surface area (Å²) in [7, 11) is 1.98. The lowest BCUT2D eigenvalue weighted by atomic mass is 9.96. The highest BCUT2D eigenvalue weighted by Crippen LogP contribution is 2.33. The van der Waals surface area contributed by atoms with E-state index in [1.54, 1.807) is 0 Å². The van der Waals surface area contributed by atoms with Crippen molar-refractivity contribution in [2.45, 2.75) is 25.3 Å². The number of hydrogen-bond donors (Lipinski definition) is 1. The first-order valence-corrected chi connectivity index (χ1v) is 8.10. The van der Waals surface area contributed by atoms with Crippen LogP contribution in [0.4, 0.5) is 0 Å². The summed E-state index contributed by atoms with van der Waals surface area (Å²) in [5, 5.41) is 4.19. The number of fused-ring (bicyclic) bond motifs is 1. The van der Waals surface area contributed by atoms with E-state index in [1.165, 1.54) is 36.0 Å². The molecule has 2 aromatic rings. The first kappa shape index (κ1) is 14.1. The van der Waals surface area contributed by atoms with Gasteiger partial charge in [-0.1, -0.05) is 45.7 Å². The van der Waals surface area contributed by atoms with Crippen molar-refractivity contribution in [2.75, 3.05) is 7.05 Å². The first-order chi connectivity index (χ1) is 9.69. The SMILES string of the molecule is CNC(c1ccc2c(c1)CCC2)c1cc(Br)ccc1Cl. The van der Waals surface area contributed by atoms with E-state index in [2.05, 4.69) is 45.5 Å². The van der Waals surface area contributed by atoms with Gasteiger partial charge in [0.05, 0.1) is 6.04 Å². The molecule has 0 saturated carbocycles. The Morgan fingerprint density at radius 2 is 1.90 bits per heavy atom. The predicted octanol–water partition coefficient (Wildman–Crippen LogP) is 4.90. The highest BCUT2D eigenvalue weighted by Gasteiger charge is 2.18. The third kappa shape index (κ3) is 2.65. The van der Waals surface area contributed by atoms with Crippen molar-refractivity contribution in [1.29, 1.82) is 0 Å². The fourth-order valence-corrected chi connectivity index (χ4v) is 3.61. The molecule has 1 aliphatic carbocycles. The molecule has 2 aromatic carbocycles. The third-order valence-electron chi connectivity index (χ3n) is 4.01. The molecule has 1 aliphatic rings. The zero-order valence-corrected chi connectivity index (χ0v) is 13.8. The fraction of sp³-hybridized carbons (Fsp3) is 0.294. The van der Waals surface area contributed by atoms with E-state index in [0.717, 1.165) is 15.1 Å². The normalized spacial score (nSPS) is 15.2. The smallest absolute Gasteiger partial charge is 0.0589 e. The zero-order chi connectivity index (χ0) is 14.1. The van der Waals surface area contributed by atoms with Crippen LogP contribution >= 0.6 is 27.5 Å². The summed E-state index contributed by atoms with van der Waals surface area (Å²) in [6, 6.07) is 13.0. The molecule has 0 spiro atoms. The van der Waals surface area contributed by atoms with Crippen molar-refractivity contribution in [3.63, 3.8) is 0 Å². The lowest BCUT2D eigenvalue weighted by molar-refractivity contribution is 0.690. The van der Waals surface area contributed by atoms with Crippen LogP contribution in [0.25, 0.3) is 0 Å². The van der Waals surface area contributed by atoms with Gasteiger partial charge in [0.15, 0.2) is 0 Å². The average Bonchev–Trinajstić information content (AvgIpc) is 2.91. The van der Waals surface area contributed by atoms with Crippen LogP contribution in [0.1, 0.15) is 34.7 Å². The molecule has 104 valence electrons. The van der Waals surface area contributed by atoms with Gasteiger partial charge in [-0.05, 0) is 66.8 Å². The molecule has 0 saturated heterocycles. The monoisotopic (exact) mass is 349 g/mol. The zero-order valence-electron chi connectivity index (χ0n) is 11.4. The number of halogens is 2. The van der Waals surface area contributed by atoms with Gasteiger partial charge < -0.3 is 5.32 Å². The number of hydrogen-bond acceptors (Lipinski definition) is 1. The van der Waals surface area contributed by atoms with E-state index in [1.807, 2.05) is 19.2 Å². The minimum absolute atomic E-state index is 0.130. The van der Waals surface area contributed by atoms with Crippen molar-refractivity contribution in [3.05, 3.63) is 68.1 Å². The van der Waals surface area contributed by atoms with Crippen LogP contribution in [0.3, 0.4) is 0 Å². The van der Waals surface area contributed by atoms with Gasteiger partial charge in [-0.3, -0.25) is 0 Å². The first-order valence-electron chi connectivity index (χ1n) is 6.93. The van der Waals surface area contributed by atoms with Crippen LogP contribution in [-0.2, 0) is 12.8 Å². The van der Waals surface area contributed by atoms with Gasteiger partial charge in [-0.2, -0.15) is 0 Å². The van der Waals surface area contributed by atoms with E-state index in [-0.39, 0.29) is 6.04 Å². The molecule has 1 unspecified atom stereocenters. The van der Waals surface area contributed by atoms with Crippen molar-refractivity contribution < 1.29 is 0 Å². The van der Waals surface area contributed by atoms with E-state index in [0.29, 0.717) is 0 Å². The summed E-state index contributed by atoms with van der Waals surface area (Å²) in [6.07, 6.45) is 3.70. The van der Waals surface area contributed by atoms with Gasteiger partial charge in [-0.25, -0.2) is 0 Å². The Morgan fingerprint density at radius 3 is 2.70 bits per heavy atom. The Bertz CT molecular complexity index is 639. The van der Waals surface area contributed by atoms with Crippen molar-refractivity contribution >= 4 is 27.5 Å². The average molecular weight is 351 g/mol. The summed E-state index contributed by atoms with van der Waals surface area (Å²) < 4.78 is 1.05. The molecule has 0 amide bonds. The van der Waals surface area contributed by atoms with Crippen LogP contribution < -0.4 is 5.32 Å². The van der Waals surface area contributed by atoms with Gasteiger partial charge in [0.1, 0.15) is 0 Å². The summed E-state index contributed by atoms with van der Waals surface area (Å²) >= 11 is 9.91. The maximum Gasteiger partial charge on any atom is 0.0589 e. The molecule has 0 aromatic heterocycles. The second-order valence-corrected chi connectivity index (χ2v) is 6.59. The summed E-state index contributed by atoms with van der Waals surface area (Å²) in [5.41, 5.74) is 5.40. The molecule has 0 bridgehead atoms. The Morgan fingerprint density at radius 1 is 1.10 bits per heavy atom. The molecule has 0 radical (unpaired) electrons. The van der Waals surface area contributed by atoms with Gasteiger partial charge in [0, 0.05) is 9.50 Å². The van der Waals surface area contributed by atoms with E-state index >= 15 is 0 Å². The molecular formula is C17H17BrClN. The Kier molecular flexibility index (Phi) is 4.16. The molecule has 0 heterocycles. The minimum atomic E-state index is 0.130. The second-order valence-electron chi connectivity index (χ2n) is 5.27. The fourth-order valence-electron chi connectivity index (χ4n) is 3.01. The molecule has 3 rings (SSSR count). The van der Waals surface area contributed by atoms with Gasteiger partial charge in [0.25, 0.3) is 0 Å². The topological polar surface area (TPSA) is 12.0 Å². The molecule has 0 fully saturated rings. The largest absolute Gasteiger partial charge is 0.309 e. The van der Waals surface area contributed by atoms with Gasteiger partial charge in [0.2, 0.25) is 0 Å². The maximum atomic E-state index is 6.38. The quantitative estimate of drug-likeness (QED) is 0.830. The number of rotatable bonds is 3. The highest BCUT2D eigenvalue weighted by atomic mass is 79.9. The summed E-state index contributed by atoms with van der Waals surface area (Å²) in [5.74, 6) is 0. The third-order valence-corrected chi connectivity index (χ3v) is 4.85. The number of aryl methyl sites for hydroxylation is 2. The van der Waals surface area contributed by atoms with Gasteiger partial charge >= 0.3 is 0 Å². The van der Waals surface area contributed by atoms with Crippen molar-refractivity contribution in [2.24, 2.45) is 0 Å². The highest BCUT2D eigenvalue weighted by molar-refractivity contribution is 9.10. The maximum absolute atomic E-state index is 6.38.